The van der Waals surface area contributed by atoms with Crippen LogP contribution in [0.25, 0.3) is 10.2 Å². The van der Waals surface area contributed by atoms with Crippen LogP contribution in [0, 0.1) is 0 Å². The zero-order valence-corrected chi connectivity index (χ0v) is 15.3. The minimum absolute atomic E-state index is 0.0480. The predicted molar refractivity (Wildman–Crippen MR) is 91.8 cm³/mol. The highest BCUT2D eigenvalue weighted by atomic mass is 32.2. The number of likely N-dealkylation sites (N-methyl/N-ethyl adjacent to an activating group) is 1. The largest absolute Gasteiger partial charge is 0.329 e. The summed E-state index contributed by atoms with van der Waals surface area (Å²) in [5.41, 5.74) is 6.36. The molecule has 0 spiro atoms. The number of rotatable bonds is 4. The molecule has 1 unspecified atom stereocenters. The third-order valence-electron chi connectivity index (χ3n) is 3.64. The number of nitrogens with two attached hydrogens (primary N) is 1. The standard InChI is InChI=1S/C15H23N3O2S2/c1-10(9-16)18(5)22(19,20)11-6-7-12-13(8-11)21-14(17-12)15(2,3)4/h6-8,10H,9,16H2,1-5H3. The highest BCUT2D eigenvalue weighted by Crippen LogP contribution is 2.32. The van der Waals surface area contributed by atoms with Crippen molar-refractivity contribution in [3.8, 4) is 0 Å². The molecule has 0 saturated heterocycles. The van der Waals surface area contributed by atoms with Crippen molar-refractivity contribution < 1.29 is 8.42 Å². The minimum Gasteiger partial charge on any atom is -0.329 e. The first-order chi connectivity index (χ1) is 10.1. The number of nitrogens with zero attached hydrogens (tertiary/aromatic N) is 2. The van der Waals surface area contributed by atoms with Crippen LogP contribution in [0.3, 0.4) is 0 Å². The summed E-state index contributed by atoms with van der Waals surface area (Å²) in [4.78, 5) is 4.88. The molecule has 2 N–H and O–H groups in total. The van der Waals surface area contributed by atoms with E-state index in [1.807, 2.05) is 0 Å². The first-order valence-corrected chi connectivity index (χ1v) is 9.42. The van der Waals surface area contributed by atoms with Gasteiger partial charge in [-0.1, -0.05) is 20.8 Å². The van der Waals surface area contributed by atoms with Crippen LogP contribution in [0.5, 0.6) is 0 Å². The van der Waals surface area contributed by atoms with Crippen molar-refractivity contribution in [1.29, 1.82) is 0 Å². The van der Waals surface area contributed by atoms with E-state index in [0.29, 0.717) is 0 Å². The molecule has 0 radical (unpaired) electrons. The average molecular weight is 342 g/mol. The van der Waals surface area contributed by atoms with Crippen molar-refractivity contribution in [2.24, 2.45) is 5.73 Å². The molecular formula is C15H23N3O2S2. The molecule has 0 aliphatic carbocycles. The van der Waals surface area contributed by atoms with Gasteiger partial charge in [-0.25, -0.2) is 13.4 Å². The quantitative estimate of drug-likeness (QED) is 0.927. The molecule has 7 heteroatoms. The highest BCUT2D eigenvalue weighted by molar-refractivity contribution is 7.89. The van der Waals surface area contributed by atoms with Crippen LogP contribution in [0.15, 0.2) is 23.1 Å². The molecular weight excluding hydrogens is 318 g/mol. The Morgan fingerprint density at radius 2 is 2.00 bits per heavy atom. The molecule has 22 heavy (non-hydrogen) atoms. The summed E-state index contributed by atoms with van der Waals surface area (Å²) >= 11 is 1.54. The second kappa shape index (κ2) is 5.88. The van der Waals surface area contributed by atoms with Crippen molar-refractivity contribution in [3.63, 3.8) is 0 Å². The van der Waals surface area contributed by atoms with E-state index in [1.165, 1.54) is 4.31 Å². The van der Waals surface area contributed by atoms with Gasteiger partial charge < -0.3 is 5.73 Å². The van der Waals surface area contributed by atoms with Gasteiger partial charge >= 0.3 is 0 Å². The van der Waals surface area contributed by atoms with E-state index in [2.05, 4.69) is 25.8 Å². The van der Waals surface area contributed by atoms with E-state index in [1.54, 1.807) is 43.5 Å². The lowest BCUT2D eigenvalue weighted by Crippen LogP contribution is -2.39. The Labute approximate surface area is 136 Å². The lowest BCUT2D eigenvalue weighted by molar-refractivity contribution is 0.394. The van der Waals surface area contributed by atoms with Crippen LogP contribution in [-0.2, 0) is 15.4 Å². The molecule has 1 aromatic carbocycles. The summed E-state index contributed by atoms with van der Waals surface area (Å²) < 4.78 is 27.5. The third-order valence-corrected chi connectivity index (χ3v) is 7.05. The molecule has 0 fully saturated rings. The maximum absolute atomic E-state index is 12.6. The Morgan fingerprint density at radius 3 is 2.55 bits per heavy atom. The zero-order chi connectivity index (χ0) is 16.7. The van der Waals surface area contributed by atoms with Crippen LogP contribution in [0.2, 0.25) is 0 Å². The van der Waals surface area contributed by atoms with Gasteiger partial charge in [0.25, 0.3) is 0 Å². The Bertz CT molecular complexity index is 776. The SMILES string of the molecule is CC(CN)N(C)S(=O)(=O)c1ccc2nc(C(C)(C)C)sc2c1. The molecule has 1 atom stereocenters. The monoisotopic (exact) mass is 341 g/mol. The molecule has 5 nitrogen and oxygen atoms in total. The number of hydrogen-bond acceptors (Lipinski definition) is 5. The number of hydrogen-bond donors (Lipinski definition) is 1. The predicted octanol–water partition coefficient (Wildman–Crippen LogP) is 2.56. The molecule has 1 heterocycles. The van der Waals surface area contributed by atoms with E-state index in [-0.39, 0.29) is 22.9 Å². The van der Waals surface area contributed by atoms with Crippen molar-refractivity contribution >= 4 is 31.6 Å². The molecule has 1 aromatic heterocycles. The molecule has 122 valence electrons. The van der Waals surface area contributed by atoms with Crippen molar-refractivity contribution in [2.75, 3.05) is 13.6 Å². The molecule has 2 aromatic rings. The van der Waals surface area contributed by atoms with Crippen LogP contribution >= 0.6 is 11.3 Å². The Balaban J connectivity index is 2.49. The Hall–Kier alpha value is -1.02. The van der Waals surface area contributed by atoms with Gasteiger partial charge in [0.1, 0.15) is 0 Å². The molecule has 2 rings (SSSR count). The average Bonchev–Trinajstić information content (AvgIpc) is 2.88. The van der Waals surface area contributed by atoms with Crippen LogP contribution < -0.4 is 5.73 Å². The van der Waals surface area contributed by atoms with Gasteiger partial charge in [0.05, 0.1) is 20.1 Å². The maximum atomic E-state index is 12.6. The summed E-state index contributed by atoms with van der Waals surface area (Å²) in [6, 6.07) is 4.85. The number of aromatic nitrogens is 1. The van der Waals surface area contributed by atoms with Crippen LogP contribution in [0.1, 0.15) is 32.7 Å². The minimum atomic E-state index is -3.54. The van der Waals surface area contributed by atoms with Crippen LogP contribution in [0.4, 0.5) is 0 Å². The van der Waals surface area contributed by atoms with E-state index >= 15 is 0 Å². The Morgan fingerprint density at radius 1 is 1.36 bits per heavy atom. The Kier molecular flexibility index (Phi) is 4.64. The molecule has 0 bridgehead atoms. The summed E-state index contributed by atoms with van der Waals surface area (Å²) in [7, 11) is -1.98. The summed E-state index contributed by atoms with van der Waals surface area (Å²) in [6.07, 6.45) is 0. The maximum Gasteiger partial charge on any atom is 0.243 e. The second-order valence-corrected chi connectivity index (χ2v) is 9.53. The molecule has 0 saturated carbocycles. The van der Waals surface area contributed by atoms with E-state index in [4.69, 9.17) is 5.73 Å². The van der Waals surface area contributed by atoms with Gasteiger partial charge in [-0.2, -0.15) is 4.31 Å². The van der Waals surface area contributed by atoms with Gasteiger partial charge in [-0.3, -0.25) is 0 Å². The first-order valence-electron chi connectivity index (χ1n) is 7.16. The fraction of sp³-hybridized carbons (Fsp3) is 0.533. The lowest BCUT2D eigenvalue weighted by Gasteiger charge is -2.22. The summed E-state index contributed by atoms with van der Waals surface area (Å²) in [5.74, 6) is 0. The lowest BCUT2D eigenvalue weighted by atomic mass is 9.98. The number of thiazole rings is 1. The zero-order valence-electron chi connectivity index (χ0n) is 13.6. The second-order valence-electron chi connectivity index (χ2n) is 6.50. The third kappa shape index (κ3) is 3.17. The van der Waals surface area contributed by atoms with E-state index in [0.717, 1.165) is 15.2 Å². The van der Waals surface area contributed by atoms with Gasteiger partial charge in [-0.05, 0) is 25.1 Å². The fourth-order valence-corrected chi connectivity index (χ4v) is 4.47. The normalized spacial score (nSPS) is 14.7. The van der Waals surface area contributed by atoms with E-state index in [9.17, 15) is 8.42 Å². The van der Waals surface area contributed by atoms with E-state index < -0.39 is 10.0 Å². The van der Waals surface area contributed by atoms with Gasteiger partial charge in [-0.15, -0.1) is 11.3 Å². The van der Waals surface area contributed by atoms with Crippen LogP contribution in [-0.4, -0.2) is 37.3 Å². The smallest absolute Gasteiger partial charge is 0.243 e. The van der Waals surface area contributed by atoms with Gasteiger partial charge in [0.15, 0.2) is 0 Å². The summed E-state index contributed by atoms with van der Waals surface area (Å²) in [5, 5.41) is 1.00. The molecule has 0 aliphatic heterocycles. The van der Waals surface area contributed by atoms with Gasteiger partial charge in [0, 0.05) is 25.0 Å². The van der Waals surface area contributed by atoms with Crippen molar-refractivity contribution in [3.05, 3.63) is 23.2 Å². The van der Waals surface area contributed by atoms with Crippen molar-refractivity contribution in [1.82, 2.24) is 9.29 Å². The molecule has 0 amide bonds. The number of sulfonamides is 1. The summed E-state index contributed by atoms with van der Waals surface area (Å²) in [6.45, 7) is 8.37. The molecule has 0 aliphatic rings. The topological polar surface area (TPSA) is 76.3 Å². The fourth-order valence-electron chi connectivity index (χ4n) is 1.94. The number of benzene rings is 1. The first kappa shape index (κ1) is 17.3. The highest BCUT2D eigenvalue weighted by Gasteiger charge is 2.26. The van der Waals surface area contributed by atoms with Crippen molar-refractivity contribution in [2.45, 2.75) is 44.0 Å². The number of fused-ring (bicyclic) bond motifs is 1. The van der Waals surface area contributed by atoms with Gasteiger partial charge in [0.2, 0.25) is 10.0 Å².